The third-order valence-electron chi connectivity index (χ3n) is 4.44. The van der Waals surface area contributed by atoms with Crippen molar-refractivity contribution in [1.82, 2.24) is 0 Å². The van der Waals surface area contributed by atoms with E-state index >= 15 is 0 Å². The molecule has 3 aromatic carbocycles. The average Bonchev–Trinajstić information content (AvgIpc) is 2.80. The van der Waals surface area contributed by atoms with E-state index in [-0.39, 0.29) is 29.7 Å². The van der Waals surface area contributed by atoms with Gasteiger partial charge in [0.2, 0.25) is 0 Å². The first kappa shape index (κ1) is 25.0. The largest absolute Gasteiger partial charge is 0.459 e. The van der Waals surface area contributed by atoms with Crippen LogP contribution in [-0.4, -0.2) is 24.1 Å². The summed E-state index contributed by atoms with van der Waals surface area (Å²) < 4.78 is 54.3. The second kappa shape index (κ2) is 11.0. The van der Waals surface area contributed by atoms with Crippen molar-refractivity contribution in [3.8, 4) is 11.5 Å². The number of benzene rings is 3. The van der Waals surface area contributed by atoms with Crippen molar-refractivity contribution < 1.29 is 37.1 Å². The molecule has 178 valence electrons. The van der Waals surface area contributed by atoms with Crippen molar-refractivity contribution in [3.63, 3.8) is 0 Å². The van der Waals surface area contributed by atoms with Gasteiger partial charge in [-0.3, -0.25) is 10.1 Å². The Kier molecular flexibility index (Phi) is 8.08. The first-order valence-corrected chi connectivity index (χ1v) is 10.1. The number of rotatable bonds is 9. The molecule has 0 unspecified atom stereocenters. The molecule has 0 bridgehead atoms. The molecule has 11 heteroatoms. The zero-order valence-corrected chi connectivity index (χ0v) is 18.1. The monoisotopic (exact) mass is 495 g/mol. The second-order valence-electron chi connectivity index (χ2n) is 6.86. The Morgan fingerprint density at radius 1 is 1.00 bits per heavy atom. The van der Waals surface area contributed by atoms with Crippen LogP contribution in [0.4, 0.5) is 18.9 Å². The van der Waals surface area contributed by atoms with E-state index in [9.17, 15) is 28.1 Å². The van der Waals surface area contributed by atoms with E-state index in [0.717, 1.165) is 29.8 Å². The summed E-state index contributed by atoms with van der Waals surface area (Å²) in [6.07, 6.45) is -4.59. The van der Waals surface area contributed by atoms with Gasteiger partial charge in [0.25, 0.3) is 5.69 Å². The van der Waals surface area contributed by atoms with Gasteiger partial charge < -0.3 is 14.2 Å². The predicted molar refractivity (Wildman–Crippen MR) is 116 cm³/mol. The number of nitrogens with zero attached hydrogens (tertiary/aromatic N) is 1. The summed E-state index contributed by atoms with van der Waals surface area (Å²) in [6, 6.07) is 15.0. The highest BCUT2D eigenvalue weighted by Gasteiger charge is 2.31. The molecule has 3 aromatic rings. The van der Waals surface area contributed by atoms with Crippen molar-refractivity contribution >= 4 is 23.3 Å². The van der Waals surface area contributed by atoms with Gasteiger partial charge in [0.1, 0.15) is 23.7 Å². The standard InChI is InChI=1S/C23H17ClF3NO6/c24-19-12-16(23(25,26)27)6-9-21(19)34-17-7-8-20(28(30)31)18(13-17)22(29)33-11-10-32-14-15-4-2-1-3-5-15/h1-9,12-13H,10-11,14H2. The first-order valence-electron chi connectivity index (χ1n) is 9.77. The predicted octanol–water partition coefficient (Wildman–Crippen LogP) is 6.43. The Balaban J connectivity index is 1.67. The van der Waals surface area contributed by atoms with E-state index in [0.29, 0.717) is 12.7 Å². The number of hydrogen-bond acceptors (Lipinski definition) is 6. The highest BCUT2D eigenvalue weighted by atomic mass is 35.5. The van der Waals surface area contributed by atoms with E-state index < -0.39 is 33.9 Å². The number of hydrogen-bond donors (Lipinski definition) is 0. The van der Waals surface area contributed by atoms with Gasteiger partial charge in [0, 0.05) is 12.1 Å². The minimum Gasteiger partial charge on any atom is -0.459 e. The van der Waals surface area contributed by atoms with E-state index in [1.165, 1.54) is 6.07 Å². The maximum absolute atomic E-state index is 12.8. The summed E-state index contributed by atoms with van der Waals surface area (Å²) in [7, 11) is 0. The molecular weight excluding hydrogens is 479 g/mol. The molecule has 0 amide bonds. The lowest BCUT2D eigenvalue weighted by Crippen LogP contribution is -2.12. The molecule has 0 heterocycles. The molecule has 0 N–H and O–H groups in total. The molecule has 7 nitrogen and oxygen atoms in total. The van der Waals surface area contributed by atoms with Crippen molar-refractivity contribution in [2.24, 2.45) is 0 Å². The molecule has 34 heavy (non-hydrogen) atoms. The Morgan fingerprint density at radius 2 is 1.74 bits per heavy atom. The topological polar surface area (TPSA) is 87.9 Å². The van der Waals surface area contributed by atoms with Crippen molar-refractivity contribution in [2.45, 2.75) is 12.8 Å². The van der Waals surface area contributed by atoms with Gasteiger partial charge in [-0.25, -0.2) is 4.79 Å². The Hall–Kier alpha value is -3.63. The molecule has 0 fully saturated rings. The normalized spacial score (nSPS) is 11.2. The van der Waals surface area contributed by atoms with E-state index in [2.05, 4.69) is 0 Å². The van der Waals surface area contributed by atoms with Gasteiger partial charge in [-0.2, -0.15) is 13.2 Å². The number of nitro groups is 1. The zero-order chi connectivity index (χ0) is 24.7. The molecule has 0 spiro atoms. The Morgan fingerprint density at radius 3 is 2.38 bits per heavy atom. The van der Waals surface area contributed by atoms with Gasteiger partial charge in [0.15, 0.2) is 0 Å². The van der Waals surface area contributed by atoms with Crippen molar-refractivity contribution in [1.29, 1.82) is 0 Å². The van der Waals surface area contributed by atoms with Crippen LogP contribution in [0.15, 0.2) is 66.7 Å². The molecule has 0 radical (unpaired) electrons. The lowest BCUT2D eigenvalue weighted by Gasteiger charge is -2.12. The zero-order valence-electron chi connectivity index (χ0n) is 17.4. The van der Waals surface area contributed by atoms with E-state index in [1.54, 1.807) is 0 Å². The average molecular weight is 496 g/mol. The van der Waals surface area contributed by atoms with Crippen LogP contribution < -0.4 is 4.74 Å². The minimum atomic E-state index is -4.59. The molecule has 0 saturated carbocycles. The van der Waals surface area contributed by atoms with Gasteiger partial charge in [0.05, 0.1) is 28.7 Å². The molecule has 0 aliphatic carbocycles. The second-order valence-corrected chi connectivity index (χ2v) is 7.26. The summed E-state index contributed by atoms with van der Waals surface area (Å²) in [5, 5.41) is 11.0. The van der Waals surface area contributed by atoms with Crippen LogP contribution in [0.25, 0.3) is 0 Å². The minimum absolute atomic E-state index is 0.0560. The number of halogens is 4. The molecule has 0 aliphatic rings. The third kappa shape index (κ3) is 6.69. The maximum atomic E-state index is 12.8. The first-order chi connectivity index (χ1) is 16.1. The summed E-state index contributed by atoms with van der Waals surface area (Å²) >= 11 is 5.87. The highest BCUT2D eigenvalue weighted by molar-refractivity contribution is 6.32. The number of alkyl halides is 3. The van der Waals surface area contributed by atoms with Crippen LogP contribution in [-0.2, 0) is 22.3 Å². The maximum Gasteiger partial charge on any atom is 0.416 e. The molecule has 3 rings (SSSR count). The quantitative estimate of drug-likeness (QED) is 0.147. The summed E-state index contributed by atoms with van der Waals surface area (Å²) in [4.78, 5) is 23.0. The fraction of sp³-hybridized carbons (Fsp3) is 0.174. The number of nitro benzene ring substituents is 1. The molecule has 0 aromatic heterocycles. The fourth-order valence-electron chi connectivity index (χ4n) is 2.82. The number of carbonyl (C=O) groups excluding carboxylic acids is 1. The highest BCUT2D eigenvalue weighted by Crippen LogP contribution is 2.37. The van der Waals surface area contributed by atoms with Crippen molar-refractivity contribution in [2.75, 3.05) is 13.2 Å². The smallest absolute Gasteiger partial charge is 0.416 e. The number of carbonyl (C=O) groups is 1. The Labute approximate surface area is 196 Å². The molecule has 0 saturated heterocycles. The summed E-state index contributed by atoms with van der Waals surface area (Å²) in [5.41, 5.74) is -0.960. The van der Waals surface area contributed by atoms with Crippen LogP contribution in [0.5, 0.6) is 11.5 Å². The summed E-state index contributed by atoms with van der Waals surface area (Å²) in [6.45, 7) is 0.209. The Bertz CT molecular complexity index is 1170. The number of ether oxygens (including phenoxy) is 3. The van der Waals surface area contributed by atoms with E-state index in [1.807, 2.05) is 30.3 Å². The lowest BCUT2D eigenvalue weighted by atomic mass is 10.1. The third-order valence-corrected chi connectivity index (χ3v) is 4.74. The summed E-state index contributed by atoms with van der Waals surface area (Å²) in [5.74, 6) is -1.17. The van der Waals surface area contributed by atoms with Crippen LogP contribution in [0, 0.1) is 10.1 Å². The molecule has 0 aliphatic heterocycles. The van der Waals surface area contributed by atoms with Crippen LogP contribution in [0.1, 0.15) is 21.5 Å². The van der Waals surface area contributed by atoms with E-state index in [4.69, 9.17) is 25.8 Å². The van der Waals surface area contributed by atoms with Gasteiger partial charge in [-0.05, 0) is 29.8 Å². The molecule has 0 atom stereocenters. The van der Waals surface area contributed by atoms with Gasteiger partial charge in [-0.1, -0.05) is 41.9 Å². The SMILES string of the molecule is O=C(OCCOCc1ccccc1)c1cc(Oc2ccc(C(F)(F)F)cc2Cl)ccc1[N+](=O)[O-]. The fourth-order valence-corrected chi connectivity index (χ4v) is 3.04. The van der Waals surface area contributed by atoms with Crippen molar-refractivity contribution in [3.05, 3.63) is 98.6 Å². The van der Waals surface area contributed by atoms with Crippen LogP contribution in [0.3, 0.4) is 0 Å². The number of esters is 1. The van der Waals surface area contributed by atoms with Gasteiger partial charge >= 0.3 is 12.1 Å². The van der Waals surface area contributed by atoms with Crippen LogP contribution >= 0.6 is 11.6 Å². The van der Waals surface area contributed by atoms with Gasteiger partial charge in [-0.15, -0.1) is 0 Å². The lowest BCUT2D eigenvalue weighted by molar-refractivity contribution is -0.385. The van der Waals surface area contributed by atoms with Crippen LogP contribution in [0.2, 0.25) is 5.02 Å². The molecular formula is C23H17ClF3NO6.